The van der Waals surface area contributed by atoms with Crippen molar-refractivity contribution in [1.29, 1.82) is 0 Å². The summed E-state index contributed by atoms with van der Waals surface area (Å²) in [5.74, 6) is -0.239. The lowest BCUT2D eigenvalue weighted by Gasteiger charge is -2.14. The number of rotatable bonds is 8. The fourth-order valence-corrected chi connectivity index (χ4v) is 2.40. The minimum Gasteiger partial charge on any atom is -0.493 e. The highest BCUT2D eigenvalue weighted by Crippen LogP contribution is 2.33. The SMILES string of the molecule is C=CCc1cc(C=Nc2ccccc2Cl)cc(OC)c1OCC(=O)O. The van der Waals surface area contributed by atoms with Crippen LogP contribution in [0.2, 0.25) is 5.02 Å². The van der Waals surface area contributed by atoms with Crippen LogP contribution in [0.3, 0.4) is 0 Å². The van der Waals surface area contributed by atoms with Crippen molar-refractivity contribution in [2.24, 2.45) is 4.99 Å². The molecule has 1 N–H and O–H groups in total. The molecule has 5 nitrogen and oxygen atoms in total. The normalized spacial score (nSPS) is 10.6. The summed E-state index contributed by atoms with van der Waals surface area (Å²) >= 11 is 6.10. The first-order chi connectivity index (χ1) is 12.0. The molecule has 130 valence electrons. The van der Waals surface area contributed by atoms with E-state index in [1.54, 1.807) is 24.4 Å². The van der Waals surface area contributed by atoms with Gasteiger partial charge < -0.3 is 14.6 Å². The Hall–Kier alpha value is -2.79. The van der Waals surface area contributed by atoms with E-state index in [0.717, 1.165) is 11.1 Å². The van der Waals surface area contributed by atoms with Crippen molar-refractivity contribution >= 4 is 29.5 Å². The molecule has 0 fully saturated rings. The summed E-state index contributed by atoms with van der Waals surface area (Å²) in [4.78, 5) is 15.2. The molecule has 0 spiro atoms. The first kappa shape index (κ1) is 18.5. The molecular weight excluding hydrogens is 342 g/mol. The minimum atomic E-state index is -1.06. The Morgan fingerprint density at radius 3 is 2.76 bits per heavy atom. The number of hydrogen-bond donors (Lipinski definition) is 1. The van der Waals surface area contributed by atoms with Gasteiger partial charge in [0.15, 0.2) is 18.1 Å². The van der Waals surface area contributed by atoms with Gasteiger partial charge in [0.2, 0.25) is 0 Å². The molecule has 25 heavy (non-hydrogen) atoms. The standard InChI is InChI=1S/C19H18ClNO4/c1-3-6-14-9-13(11-21-16-8-5-4-7-15(16)20)10-17(24-2)19(14)25-12-18(22)23/h3-5,7-11H,1,6,12H2,2H3,(H,22,23). The van der Waals surface area contributed by atoms with E-state index in [0.29, 0.717) is 28.6 Å². The van der Waals surface area contributed by atoms with Gasteiger partial charge in [0.05, 0.1) is 17.8 Å². The van der Waals surface area contributed by atoms with Crippen molar-refractivity contribution in [1.82, 2.24) is 0 Å². The minimum absolute atomic E-state index is 0.389. The summed E-state index contributed by atoms with van der Waals surface area (Å²) in [6.07, 6.45) is 3.87. The molecule has 0 aromatic heterocycles. The first-order valence-electron chi connectivity index (χ1n) is 7.50. The Morgan fingerprint density at radius 2 is 2.12 bits per heavy atom. The summed E-state index contributed by atoms with van der Waals surface area (Å²) in [6.45, 7) is 3.27. The van der Waals surface area contributed by atoms with Gasteiger partial charge in [0, 0.05) is 11.8 Å². The number of hydrogen-bond acceptors (Lipinski definition) is 4. The molecule has 0 bridgehead atoms. The second kappa shape index (κ2) is 8.89. The molecular formula is C19H18ClNO4. The van der Waals surface area contributed by atoms with Gasteiger partial charge >= 0.3 is 5.97 Å². The van der Waals surface area contributed by atoms with Gasteiger partial charge in [-0.15, -0.1) is 6.58 Å². The fraction of sp³-hybridized carbons (Fsp3) is 0.158. The lowest BCUT2D eigenvalue weighted by atomic mass is 10.1. The molecule has 0 aliphatic carbocycles. The molecule has 0 heterocycles. The molecule has 2 aromatic rings. The lowest BCUT2D eigenvalue weighted by molar-refractivity contribution is -0.139. The van der Waals surface area contributed by atoms with Crippen molar-refractivity contribution in [3.8, 4) is 11.5 Å². The number of carbonyl (C=O) groups is 1. The van der Waals surface area contributed by atoms with Gasteiger partial charge in [-0.25, -0.2) is 4.79 Å². The number of nitrogens with zero attached hydrogens (tertiary/aromatic N) is 1. The molecule has 0 saturated carbocycles. The summed E-state index contributed by atoms with van der Waals surface area (Å²) < 4.78 is 10.7. The first-order valence-corrected chi connectivity index (χ1v) is 7.88. The van der Waals surface area contributed by atoms with Crippen molar-refractivity contribution in [3.05, 3.63) is 65.2 Å². The maximum absolute atomic E-state index is 10.8. The number of aliphatic imine (C=N–C) groups is 1. The lowest BCUT2D eigenvalue weighted by Crippen LogP contribution is -2.11. The van der Waals surface area contributed by atoms with Crippen LogP contribution in [0.15, 0.2) is 54.0 Å². The Labute approximate surface area is 151 Å². The van der Waals surface area contributed by atoms with Crippen LogP contribution < -0.4 is 9.47 Å². The van der Waals surface area contributed by atoms with Crippen LogP contribution in [-0.4, -0.2) is 31.0 Å². The smallest absolute Gasteiger partial charge is 0.341 e. The van der Waals surface area contributed by atoms with Crippen molar-refractivity contribution in [3.63, 3.8) is 0 Å². The molecule has 2 rings (SSSR count). The van der Waals surface area contributed by atoms with Gasteiger partial charge in [0.1, 0.15) is 0 Å². The number of para-hydroxylation sites is 1. The molecule has 0 saturated heterocycles. The van der Waals surface area contributed by atoms with Gasteiger partial charge in [-0.05, 0) is 36.2 Å². The number of aliphatic carboxylic acids is 1. The highest BCUT2D eigenvalue weighted by Gasteiger charge is 2.13. The summed E-state index contributed by atoms with van der Waals surface area (Å²) in [7, 11) is 1.50. The third-order valence-electron chi connectivity index (χ3n) is 3.28. The average Bonchev–Trinajstić information content (AvgIpc) is 2.59. The van der Waals surface area contributed by atoms with Gasteiger partial charge in [0.25, 0.3) is 0 Å². The average molecular weight is 360 g/mol. The van der Waals surface area contributed by atoms with E-state index in [4.69, 9.17) is 26.2 Å². The number of benzene rings is 2. The second-order valence-corrected chi connectivity index (χ2v) is 5.50. The number of ether oxygens (including phenoxy) is 2. The van der Waals surface area contributed by atoms with E-state index in [9.17, 15) is 4.79 Å². The third-order valence-corrected chi connectivity index (χ3v) is 3.60. The van der Waals surface area contributed by atoms with E-state index >= 15 is 0 Å². The molecule has 0 radical (unpaired) electrons. The number of carboxylic acids is 1. The van der Waals surface area contributed by atoms with E-state index in [-0.39, 0.29) is 0 Å². The molecule has 2 aromatic carbocycles. The highest BCUT2D eigenvalue weighted by atomic mass is 35.5. The molecule has 6 heteroatoms. The van der Waals surface area contributed by atoms with Crippen LogP contribution in [-0.2, 0) is 11.2 Å². The maximum Gasteiger partial charge on any atom is 0.341 e. The quantitative estimate of drug-likeness (QED) is 0.564. The number of carboxylic acid groups (broad SMARTS) is 1. The van der Waals surface area contributed by atoms with Gasteiger partial charge in [-0.1, -0.05) is 29.8 Å². The molecule has 0 aliphatic rings. The van der Waals surface area contributed by atoms with Crippen molar-refractivity contribution < 1.29 is 19.4 Å². The zero-order valence-corrected chi connectivity index (χ0v) is 14.5. The zero-order valence-electron chi connectivity index (χ0n) is 13.7. The molecule has 0 atom stereocenters. The van der Waals surface area contributed by atoms with Crippen LogP contribution >= 0.6 is 11.6 Å². The van der Waals surface area contributed by atoms with E-state index in [1.165, 1.54) is 7.11 Å². The van der Waals surface area contributed by atoms with Crippen LogP contribution in [0.5, 0.6) is 11.5 Å². The number of methoxy groups -OCH3 is 1. The van der Waals surface area contributed by atoms with Gasteiger partial charge in [-0.3, -0.25) is 4.99 Å². The van der Waals surface area contributed by atoms with E-state index in [1.807, 2.05) is 24.3 Å². The Kier molecular flexibility index (Phi) is 6.60. The van der Waals surface area contributed by atoms with Crippen LogP contribution in [0.4, 0.5) is 5.69 Å². The Bertz CT molecular complexity index is 802. The van der Waals surface area contributed by atoms with Crippen LogP contribution in [0.25, 0.3) is 0 Å². The van der Waals surface area contributed by atoms with E-state index in [2.05, 4.69) is 11.6 Å². The summed E-state index contributed by atoms with van der Waals surface area (Å²) in [6, 6.07) is 10.8. The molecule has 0 unspecified atom stereocenters. The fourth-order valence-electron chi connectivity index (χ4n) is 2.22. The Morgan fingerprint density at radius 1 is 1.36 bits per heavy atom. The summed E-state index contributed by atoms with van der Waals surface area (Å²) in [5.41, 5.74) is 2.19. The zero-order chi connectivity index (χ0) is 18.2. The van der Waals surface area contributed by atoms with Crippen LogP contribution in [0, 0.1) is 0 Å². The van der Waals surface area contributed by atoms with Gasteiger partial charge in [-0.2, -0.15) is 0 Å². The topological polar surface area (TPSA) is 68.1 Å². The monoisotopic (exact) mass is 359 g/mol. The number of allylic oxidation sites excluding steroid dienone is 1. The summed E-state index contributed by atoms with van der Waals surface area (Å²) in [5, 5.41) is 9.38. The second-order valence-electron chi connectivity index (χ2n) is 5.10. The highest BCUT2D eigenvalue weighted by molar-refractivity contribution is 6.33. The van der Waals surface area contributed by atoms with Crippen molar-refractivity contribution in [2.45, 2.75) is 6.42 Å². The van der Waals surface area contributed by atoms with Crippen LogP contribution in [0.1, 0.15) is 11.1 Å². The molecule has 0 aliphatic heterocycles. The predicted molar refractivity (Wildman–Crippen MR) is 98.7 cm³/mol. The number of halogens is 1. The maximum atomic E-state index is 10.8. The predicted octanol–water partition coefficient (Wildman–Crippen LogP) is 4.29. The molecule has 0 amide bonds. The largest absolute Gasteiger partial charge is 0.493 e. The Balaban J connectivity index is 2.39. The third kappa shape index (κ3) is 5.09. The van der Waals surface area contributed by atoms with E-state index < -0.39 is 12.6 Å². The van der Waals surface area contributed by atoms with Crippen molar-refractivity contribution in [2.75, 3.05) is 13.7 Å².